The number of hydrogen-bond donors (Lipinski definition) is 3. The van der Waals surface area contributed by atoms with Gasteiger partial charge in [-0.25, -0.2) is 9.78 Å². The van der Waals surface area contributed by atoms with Crippen molar-refractivity contribution in [1.82, 2.24) is 20.5 Å². The van der Waals surface area contributed by atoms with Gasteiger partial charge in [0.2, 0.25) is 5.91 Å². The number of aromatic nitrogens is 1. The van der Waals surface area contributed by atoms with Crippen LogP contribution in [0.15, 0.2) is 131 Å². The highest BCUT2D eigenvalue weighted by molar-refractivity contribution is 8.00. The highest BCUT2D eigenvalue weighted by Crippen LogP contribution is 2.49. The predicted octanol–water partition coefficient (Wildman–Crippen LogP) is 5.09. The van der Waals surface area contributed by atoms with Crippen LogP contribution in [0, 0.1) is 17.4 Å². The standard InChI is InChI=1S/C37H35N5O4S.C8H9NO3S/c1-25(37(33(44)45-37)35(2,3)4)46-42-31(32(43)39-29-20-22-38-23-21-29)30-24-47-34(40-30)41-36(26-14-8-5-9-15-26,27-16-10-6-11-17-27)28-18-12-7-13-19-28;1-4-6(10)9-5(8(11)12)2-3-13-7(4)9/h5-20,23-25,38H,22H2,1-4H3,(H-,39,40,41,43);2,4,7H,3H2,1H3,(H,11,12)/t;4-,7+/m.1/s1. The second-order valence-electron chi connectivity index (χ2n) is 15.4. The van der Waals surface area contributed by atoms with E-state index in [2.05, 4.69) is 63.6 Å². The number of anilines is 1. The number of amides is 2. The summed E-state index contributed by atoms with van der Waals surface area (Å²) in [6.45, 7) is 9.77. The zero-order valence-electron chi connectivity index (χ0n) is 33.6. The van der Waals surface area contributed by atoms with E-state index in [0.29, 0.717) is 28.8 Å². The van der Waals surface area contributed by atoms with Gasteiger partial charge in [-0.15, -0.1) is 23.1 Å². The molecule has 5 heterocycles. The summed E-state index contributed by atoms with van der Waals surface area (Å²) in [5.41, 5.74) is 1.29. The fourth-order valence-corrected chi connectivity index (χ4v) is 9.47. The first-order valence-corrected chi connectivity index (χ1v) is 21.3. The normalized spacial score (nSPS) is 21.1. The lowest BCUT2D eigenvalue weighted by Crippen LogP contribution is -2.60. The Labute approximate surface area is 356 Å². The summed E-state index contributed by atoms with van der Waals surface area (Å²) in [5, 5.41) is 26.8. The van der Waals surface area contributed by atoms with Crippen molar-refractivity contribution in [2.45, 2.75) is 57.2 Å². The van der Waals surface area contributed by atoms with Gasteiger partial charge in [0.05, 0.1) is 29.0 Å². The highest BCUT2D eigenvalue weighted by atomic mass is 32.2. The quantitative estimate of drug-likeness (QED) is 0.0433. The number of carboxylic acids is 1. The van der Waals surface area contributed by atoms with Crippen molar-refractivity contribution in [3.63, 3.8) is 0 Å². The molecule has 2 unspecified atom stereocenters. The first-order valence-electron chi connectivity index (χ1n) is 19.3. The molecule has 0 aliphatic carbocycles. The summed E-state index contributed by atoms with van der Waals surface area (Å²) in [7, 11) is 0. The number of nitrogens with one attached hydrogen (secondary N) is 3. The molecular weight excluding hydrogens is 801 g/mol. The van der Waals surface area contributed by atoms with Crippen LogP contribution in [0.3, 0.4) is 0 Å². The number of benzene rings is 3. The molecule has 2 saturated heterocycles. The third-order valence-electron chi connectivity index (χ3n) is 10.7. The molecule has 0 spiro atoms. The van der Waals surface area contributed by atoms with Crippen molar-refractivity contribution in [3.05, 3.63) is 155 Å². The number of carboxylic acid groups (broad SMARTS) is 1. The van der Waals surface area contributed by atoms with Gasteiger partial charge >= 0.3 is 5.97 Å². The minimum atomic E-state index is -1.26. The van der Waals surface area contributed by atoms with Crippen molar-refractivity contribution in [1.29, 1.82) is 0 Å². The molecule has 8 rings (SSSR count). The van der Waals surface area contributed by atoms with Gasteiger partial charge in [0, 0.05) is 16.5 Å². The Morgan fingerprint density at radius 2 is 1.58 bits per heavy atom. The zero-order valence-corrected chi connectivity index (χ0v) is 35.3. The molecule has 0 saturated carbocycles. The molecule has 4 aliphatic rings. The molecule has 2 fully saturated rings. The smallest absolute Gasteiger partial charge is 0.356 e. The van der Waals surface area contributed by atoms with Gasteiger partial charge in [0.25, 0.3) is 17.2 Å². The second-order valence-corrected chi connectivity index (χ2v) is 17.4. The molecule has 1 aromatic heterocycles. The summed E-state index contributed by atoms with van der Waals surface area (Å²) in [6, 6.07) is 30.5. The van der Waals surface area contributed by atoms with Crippen LogP contribution in [0.25, 0.3) is 0 Å². The highest BCUT2D eigenvalue weighted by Gasteiger charge is 2.70. The maximum Gasteiger partial charge on any atom is 0.356 e. The Bertz CT molecular complexity index is 2280. The second kappa shape index (κ2) is 17.1. The molecule has 3 aromatic carbocycles. The Hall–Kier alpha value is -6.28. The van der Waals surface area contributed by atoms with Crippen LogP contribution in [0.5, 0.6) is 0 Å². The molecule has 60 heavy (non-hydrogen) atoms. The van der Waals surface area contributed by atoms with Crippen LogP contribution >= 0.6 is 23.1 Å². The largest absolute Gasteiger partial charge is 0.543 e. The molecule has 4 atom stereocenters. The first-order chi connectivity index (χ1) is 28.8. The molecule has 4 aliphatic heterocycles. The number of thioether (sulfide) groups is 1. The van der Waals surface area contributed by atoms with Crippen molar-refractivity contribution >= 4 is 57.7 Å². The van der Waals surface area contributed by atoms with Gasteiger partial charge in [-0.3, -0.25) is 19.8 Å². The van der Waals surface area contributed by atoms with Crippen molar-refractivity contribution in [3.8, 4) is 0 Å². The third-order valence-corrected chi connectivity index (χ3v) is 12.8. The lowest BCUT2D eigenvalue weighted by Gasteiger charge is -2.48. The molecular formula is C45H44N6O7S2. The average Bonchev–Trinajstić information content (AvgIpc) is 3.78. The van der Waals surface area contributed by atoms with E-state index in [1.165, 1.54) is 22.3 Å². The number of hydrogen-bond acceptors (Lipinski definition) is 13. The van der Waals surface area contributed by atoms with Gasteiger partial charge in [0.1, 0.15) is 30.1 Å². The molecule has 13 nitrogen and oxygen atoms in total. The van der Waals surface area contributed by atoms with E-state index in [1.807, 2.05) is 82.3 Å². The van der Waals surface area contributed by atoms with E-state index in [9.17, 15) is 24.3 Å². The van der Waals surface area contributed by atoms with Crippen LogP contribution < -0.4 is 21.1 Å². The van der Waals surface area contributed by atoms with Crippen LogP contribution in [0.2, 0.25) is 0 Å². The number of fused-ring (bicyclic) bond motifs is 1. The zero-order chi connectivity index (χ0) is 42.7. The predicted molar refractivity (Wildman–Crippen MR) is 228 cm³/mol. The van der Waals surface area contributed by atoms with E-state index in [-0.39, 0.29) is 34.6 Å². The molecule has 15 heteroatoms. The summed E-state index contributed by atoms with van der Waals surface area (Å²) in [4.78, 5) is 60.1. The number of carbonyl (C=O) groups is 4. The lowest BCUT2D eigenvalue weighted by atomic mass is 9.77. The van der Waals surface area contributed by atoms with E-state index < -0.39 is 34.5 Å². The number of carbonyl (C=O) groups excluding carboxylic acids is 4. The van der Waals surface area contributed by atoms with E-state index in [4.69, 9.17) is 14.6 Å². The van der Waals surface area contributed by atoms with Gasteiger partial charge in [0.15, 0.2) is 16.9 Å². The maximum absolute atomic E-state index is 13.7. The van der Waals surface area contributed by atoms with Crippen LogP contribution in [0.1, 0.15) is 57.0 Å². The van der Waals surface area contributed by atoms with Gasteiger partial charge in [-0.05, 0) is 29.7 Å². The Balaban J connectivity index is 0.000000355. The summed E-state index contributed by atoms with van der Waals surface area (Å²) in [6.07, 6.45) is 7.17. The van der Waals surface area contributed by atoms with Gasteiger partial charge < -0.3 is 30.1 Å². The fraction of sp³-hybridized carbons (Fsp3) is 0.289. The minimum absolute atomic E-state index is 0.00500. The Kier molecular flexibility index (Phi) is 12.0. The number of β-lactam (4-membered cyclic amide) rings is 1. The number of rotatable bonds is 12. The number of aliphatic carboxylic acids is 1. The SMILES string of the molecule is CC(ON=C(C(=O)NC1=CCNC=[C+]1)c1csc(NC(c2ccccc2)(c2ccccc2)c2ccccc2)n1)C1(C(C)(C)C)OC1=O.C[C@@H]1C(=O)N2C(C(=O)[O-])=CCS[C@@H]12. The van der Waals surface area contributed by atoms with Crippen LogP contribution in [-0.2, 0) is 34.3 Å². The number of epoxide rings is 1. The molecule has 308 valence electrons. The number of cyclic esters (lactones) is 1. The Morgan fingerprint density at radius 3 is 2.08 bits per heavy atom. The molecule has 4 aromatic rings. The van der Waals surface area contributed by atoms with Crippen LogP contribution in [0.4, 0.5) is 5.13 Å². The first kappa shape index (κ1) is 41.9. The van der Waals surface area contributed by atoms with Gasteiger partial charge in [-0.2, -0.15) is 0 Å². The number of dihydropyridines is 1. The number of thiazole rings is 1. The van der Waals surface area contributed by atoms with Crippen molar-refractivity contribution in [2.75, 3.05) is 17.6 Å². The average molecular weight is 845 g/mol. The fourth-order valence-electron chi connectivity index (χ4n) is 7.50. The Morgan fingerprint density at radius 1 is 1.00 bits per heavy atom. The summed E-state index contributed by atoms with van der Waals surface area (Å²) >= 11 is 2.93. The summed E-state index contributed by atoms with van der Waals surface area (Å²) < 4.78 is 5.45. The van der Waals surface area contributed by atoms with Crippen molar-refractivity contribution < 1.29 is 33.9 Å². The number of ether oxygens (including phenoxy) is 1. The molecule has 3 N–H and O–H groups in total. The topological polar surface area (TPSA) is 178 Å². The third kappa shape index (κ3) is 8.03. The lowest BCUT2D eigenvalue weighted by molar-refractivity contribution is -0.301. The van der Waals surface area contributed by atoms with E-state index in [0.717, 1.165) is 16.7 Å². The molecule has 0 bridgehead atoms. The molecule has 2 amide bonds. The van der Waals surface area contributed by atoms with Crippen LogP contribution in [-0.4, -0.2) is 68.7 Å². The van der Waals surface area contributed by atoms with Gasteiger partial charge in [-0.1, -0.05) is 124 Å². The summed E-state index contributed by atoms with van der Waals surface area (Å²) in [5.74, 6) is -1.69. The minimum Gasteiger partial charge on any atom is -0.543 e. The molecule has 0 radical (unpaired) electrons. The van der Waals surface area contributed by atoms with E-state index in [1.54, 1.807) is 36.3 Å². The van der Waals surface area contributed by atoms with Crippen molar-refractivity contribution in [2.24, 2.45) is 16.5 Å². The number of nitrogens with zero attached hydrogens (tertiary/aromatic N) is 3. The number of oxime groups is 1. The monoisotopic (exact) mass is 844 g/mol. The maximum atomic E-state index is 13.7. The number of allylic oxidation sites excluding steroid dienone is 1. The van der Waals surface area contributed by atoms with E-state index >= 15 is 0 Å².